The van der Waals surface area contributed by atoms with Crippen molar-refractivity contribution in [2.75, 3.05) is 19.8 Å². The Morgan fingerprint density at radius 3 is 1.39 bits per heavy atom. The predicted molar refractivity (Wildman–Crippen MR) is 266 cm³/mol. The van der Waals surface area contributed by atoms with Crippen LogP contribution >= 0.6 is 0 Å². The fraction of sp³-hybridized carbons (Fsp3) is 0.943. The van der Waals surface area contributed by atoms with Gasteiger partial charge in [-0.1, -0.05) is 199 Å². The Kier molecular flexibility index (Phi) is 37.0. The first-order valence-electron chi connectivity index (χ1n) is 27.6. The number of aliphatic hydroxyl groups excluding tert-OH is 10. The van der Waals surface area contributed by atoms with E-state index in [1.165, 1.54) is 141 Å². The second-order valence-electron chi connectivity index (χ2n) is 20.0. The fourth-order valence-corrected chi connectivity index (χ4v) is 9.17. The van der Waals surface area contributed by atoms with Crippen molar-refractivity contribution in [2.45, 2.75) is 299 Å². The molecule has 408 valence electrons. The molecule has 0 aromatic rings. The molecule has 1 amide bonds. The molecule has 0 aromatic heterocycles. The molecule has 2 aliphatic rings. The largest absolute Gasteiger partial charge is 0.394 e. The monoisotopic (exact) mass is 992 g/mol. The summed E-state index contributed by atoms with van der Waals surface area (Å²) in [7, 11) is 0. The molecule has 14 atom stereocenters. The first-order valence-corrected chi connectivity index (χ1v) is 27.6. The van der Waals surface area contributed by atoms with Gasteiger partial charge in [-0.15, -0.1) is 0 Å². The van der Waals surface area contributed by atoms with Gasteiger partial charge in [0.25, 0.3) is 0 Å². The summed E-state index contributed by atoms with van der Waals surface area (Å²) in [6.07, 6.45) is 18.4. The summed E-state index contributed by atoms with van der Waals surface area (Å²) in [5.41, 5.74) is 0. The summed E-state index contributed by atoms with van der Waals surface area (Å²) in [6.45, 7) is 2.64. The zero-order valence-electron chi connectivity index (χ0n) is 42.8. The van der Waals surface area contributed by atoms with Crippen molar-refractivity contribution in [2.24, 2.45) is 0 Å². The van der Waals surface area contributed by atoms with Crippen LogP contribution in [0.15, 0.2) is 12.2 Å². The van der Waals surface area contributed by atoms with Crippen molar-refractivity contribution < 1.29 is 74.8 Å². The Labute approximate surface area is 415 Å². The van der Waals surface area contributed by atoms with Crippen molar-refractivity contribution in [3.8, 4) is 0 Å². The molecule has 0 spiro atoms. The van der Waals surface area contributed by atoms with E-state index in [0.29, 0.717) is 6.42 Å². The van der Waals surface area contributed by atoms with Gasteiger partial charge in [-0.25, -0.2) is 0 Å². The Hall–Kier alpha value is -1.35. The second kappa shape index (κ2) is 40.1. The van der Waals surface area contributed by atoms with Gasteiger partial charge in [0.1, 0.15) is 61.0 Å². The molecule has 2 rings (SSSR count). The average molecular weight is 992 g/mol. The van der Waals surface area contributed by atoms with Gasteiger partial charge in [-0.05, 0) is 25.7 Å². The number of nitrogens with one attached hydrogen (secondary N) is 1. The SMILES string of the molecule is CCCCCCCCCCC/C=C/C[C@@H](O)[C@@H](O)[C@H](CO[C@@H]1O[C@H](CO[C@H]2O[C@H](CO)[C@H](O)[C@H](O)[C@H]2O)[C@@H](O)[C@H](O)[C@H]1O)NC(=O)[C@H](O)CCCCCCCCCCCCCCCCCCCCC. The molecule has 0 aliphatic carbocycles. The minimum absolute atomic E-state index is 0.0672. The highest BCUT2D eigenvalue weighted by molar-refractivity contribution is 5.80. The lowest BCUT2D eigenvalue weighted by Gasteiger charge is -2.43. The van der Waals surface area contributed by atoms with Crippen LogP contribution in [-0.4, -0.2) is 163 Å². The van der Waals surface area contributed by atoms with Crippen LogP contribution in [0.2, 0.25) is 0 Å². The van der Waals surface area contributed by atoms with Crippen LogP contribution in [0.1, 0.15) is 213 Å². The number of carbonyl (C=O) groups is 1. The minimum atomic E-state index is -1.83. The summed E-state index contributed by atoms with van der Waals surface area (Å²) >= 11 is 0. The summed E-state index contributed by atoms with van der Waals surface area (Å²) in [5.74, 6) is -0.774. The van der Waals surface area contributed by atoms with E-state index in [9.17, 15) is 55.9 Å². The Morgan fingerprint density at radius 1 is 0.522 bits per heavy atom. The van der Waals surface area contributed by atoms with Gasteiger partial charge in [0, 0.05) is 0 Å². The van der Waals surface area contributed by atoms with Gasteiger partial charge < -0.3 is 75.3 Å². The minimum Gasteiger partial charge on any atom is -0.394 e. The number of hydrogen-bond acceptors (Lipinski definition) is 15. The molecule has 69 heavy (non-hydrogen) atoms. The van der Waals surface area contributed by atoms with Gasteiger partial charge >= 0.3 is 0 Å². The molecule has 0 aromatic carbocycles. The van der Waals surface area contributed by atoms with Crippen LogP contribution in [0, 0.1) is 0 Å². The number of allylic oxidation sites excluding steroid dienone is 1. The summed E-state index contributed by atoms with van der Waals surface area (Å²) in [6, 6.07) is -1.30. The van der Waals surface area contributed by atoms with Crippen LogP contribution in [0.3, 0.4) is 0 Å². The maximum atomic E-state index is 13.3. The van der Waals surface area contributed by atoms with E-state index in [0.717, 1.165) is 38.5 Å². The highest BCUT2D eigenvalue weighted by Crippen LogP contribution is 2.27. The normalized spacial score (nSPS) is 27.1. The number of ether oxygens (including phenoxy) is 4. The van der Waals surface area contributed by atoms with Crippen molar-refractivity contribution in [1.82, 2.24) is 5.32 Å². The highest BCUT2D eigenvalue weighted by Gasteiger charge is 2.48. The first-order chi connectivity index (χ1) is 33.4. The molecular formula is C53H101NO15. The van der Waals surface area contributed by atoms with Crippen molar-refractivity contribution in [1.29, 1.82) is 0 Å². The van der Waals surface area contributed by atoms with E-state index in [-0.39, 0.29) is 12.8 Å². The van der Waals surface area contributed by atoms with Gasteiger partial charge in [-0.2, -0.15) is 0 Å². The Morgan fingerprint density at radius 2 is 0.928 bits per heavy atom. The van der Waals surface area contributed by atoms with Crippen LogP contribution in [-0.2, 0) is 23.7 Å². The van der Waals surface area contributed by atoms with Gasteiger partial charge in [-0.3, -0.25) is 4.79 Å². The van der Waals surface area contributed by atoms with Gasteiger partial charge in [0.15, 0.2) is 12.6 Å². The van der Waals surface area contributed by atoms with Gasteiger partial charge in [0.05, 0.1) is 32.0 Å². The van der Waals surface area contributed by atoms with E-state index in [2.05, 4.69) is 19.2 Å². The maximum absolute atomic E-state index is 13.3. The summed E-state index contributed by atoms with van der Waals surface area (Å²) < 4.78 is 22.4. The number of amides is 1. The van der Waals surface area contributed by atoms with E-state index in [1.807, 2.05) is 6.08 Å². The van der Waals surface area contributed by atoms with Crippen LogP contribution in [0.25, 0.3) is 0 Å². The van der Waals surface area contributed by atoms with E-state index >= 15 is 0 Å². The Bertz CT molecular complexity index is 1250. The topological polar surface area (TPSA) is 268 Å². The van der Waals surface area contributed by atoms with Gasteiger partial charge in [0.2, 0.25) is 5.91 Å². The average Bonchev–Trinajstić information content (AvgIpc) is 3.34. The molecule has 16 nitrogen and oxygen atoms in total. The third kappa shape index (κ3) is 27.0. The Balaban J connectivity index is 1.86. The molecule has 0 unspecified atom stereocenters. The van der Waals surface area contributed by atoms with E-state index < -0.39 is 111 Å². The zero-order chi connectivity index (χ0) is 50.7. The first kappa shape index (κ1) is 63.8. The fourth-order valence-electron chi connectivity index (χ4n) is 9.17. The molecule has 2 fully saturated rings. The zero-order valence-corrected chi connectivity index (χ0v) is 42.8. The number of hydrogen-bond donors (Lipinski definition) is 11. The van der Waals surface area contributed by atoms with Crippen molar-refractivity contribution >= 4 is 5.91 Å². The van der Waals surface area contributed by atoms with Crippen molar-refractivity contribution in [3.05, 3.63) is 12.2 Å². The molecule has 2 heterocycles. The smallest absolute Gasteiger partial charge is 0.249 e. The van der Waals surface area contributed by atoms with Crippen LogP contribution in [0.4, 0.5) is 0 Å². The highest BCUT2D eigenvalue weighted by atomic mass is 16.7. The third-order valence-corrected chi connectivity index (χ3v) is 13.9. The second-order valence-corrected chi connectivity index (χ2v) is 20.0. The molecular weight excluding hydrogens is 891 g/mol. The molecule has 2 saturated heterocycles. The van der Waals surface area contributed by atoms with E-state index in [1.54, 1.807) is 6.08 Å². The maximum Gasteiger partial charge on any atom is 0.249 e. The summed E-state index contributed by atoms with van der Waals surface area (Å²) in [5, 5.41) is 108. The summed E-state index contributed by atoms with van der Waals surface area (Å²) in [4.78, 5) is 13.3. The van der Waals surface area contributed by atoms with Crippen LogP contribution < -0.4 is 5.32 Å². The molecule has 2 aliphatic heterocycles. The molecule has 0 radical (unpaired) electrons. The number of carbonyl (C=O) groups excluding carboxylic acids is 1. The number of unbranched alkanes of at least 4 members (excludes halogenated alkanes) is 27. The lowest BCUT2D eigenvalue weighted by Crippen LogP contribution is -2.62. The molecule has 16 heteroatoms. The standard InChI is InChI=1S/C53H101NO15/c1-3-5-7-9-11-13-15-17-18-19-20-21-22-23-25-27-29-31-33-35-41(57)51(65)54-39(44(58)40(56)34-32-30-28-26-24-16-14-12-10-8-6-4-2)37-66-52-50(64)48(62)46(60)43(69-52)38-67-53-49(63)47(61)45(59)42(36-55)68-53/h30,32,39-50,52-53,55-64H,3-29,31,33-38H2,1-2H3,(H,54,65)/b32-30+/t39-,40+,41+,42+,43+,44-,45-,46+,47-,48-,49+,50+,52+,53-/m0/s1. The van der Waals surface area contributed by atoms with Crippen molar-refractivity contribution in [3.63, 3.8) is 0 Å². The lowest BCUT2D eigenvalue weighted by atomic mass is 9.98. The number of aliphatic hydroxyl groups is 10. The lowest BCUT2D eigenvalue weighted by molar-refractivity contribution is -0.331. The molecule has 0 saturated carbocycles. The number of rotatable bonds is 43. The predicted octanol–water partition coefficient (Wildman–Crippen LogP) is 5.88. The quantitative estimate of drug-likeness (QED) is 0.0252. The molecule has 11 N–H and O–H groups in total. The van der Waals surface area contributed by atoms with E-state index in [4.69, 9.17) is 18.9 Å². The molecule has 0 bridgehead atoms. The van der Waals surface area contributed by atoms with Crippen LogP contribution in [0.5, 0.6) is 0 Å². The third-order valence-electron chi connectivity index (χ3n) is 13.9.